The molecule has 2 bridgehead atoms. The van der Waals surface area contributed by atoms with Crippen LogP contribution in [0.25, 0.3) is 0 Å². The molecule has 5 heteroatoms. The second-order valence-electron chi connectivity index (χ2n) is 1.74. The Morgan fingerprint density at radius 2 is 2.22 bits per heavy atom. The van der Waals surface area contributed by atoms with Crippen LogP contribution in [0.15, 0.2) is 21.9 Å². The SMILES string of the molecule is O=c1ccn2[nH]n1c2=O. The van der Waals surface area contributed by atoms with Crippen molar-refractivity contribution in [2.24, 2.45) is 0 Å². The third-order valence-corrected chi connectivity index (χ3v) is 1.19. The Kier molecular flexibility index (Phi) is 0.520. The zero-order valence-corrected chi connectivity index (χ0v) is 4.37. The summed E-state index contributed by atoms with van der Waals surface area (Å²) in [6, 6.07) is 1.32. The van der Waals surface area contributed by atoms with Crippen LogP contribution in [0.2, 0.25) is 0 Å². The zero-order chi connectivity index (χ0) is 6.43. The van der Waals surface area contributed by atoms with Crippen LogP contribution in [0.3, 0.4) is 0 Å². The molecular formula is C4H3N3O2. The van der Waals surface area contributed by atoms with E-state index in [2.05, 4.69) is 5.21 Å². The lowest BCUT2D eigenvalue weighted by Crippen LogP contribution is -2.42. The van der Waals surface area contributed by atoms with Crippen molar-refractivity contribution >= 4 is 0 Å². The maximum absolute atomic E-state index is 10.6. The summed E-state index contributed by atoms with van der Waals surface area (Å²) in [6.45, 7) is 0. The second-order valence-corrected chi connectivity index (χ2v) is 1.74. The van der Waals surface area contributed by atoms with Crippen molar-refractivity contribution in [1.82, 2.24) is 14.2 Å². The summed E-state index contributed by atoms with van der Waals surface area (Å²) in [7, 11) is 0. The Labute approximate surface area is 48.5 Å². The van der Waals surface area contributed by atoms with E-state index in [9.17, 15) is 9.59 Å². The van der Waals surface area contributed by atoms with E-state index >= 15 is 0 Å². The molecule has 0 spiro atoms. The van der Waals surface area contributed by atoms with Crippen LogP contribution in [0.5, 0.6) is 0 Å². The average molecular weight is 125 g/mol. The predicted molar refractivity (Wildman–Crippen MR) is 28.9 cm³/mol. The number of rotatable bonds is 0. The Morgan fingerprint density at radius 3 is 2.56 bits per heavy atom. The number of fused-ring (bicyclic) bond motifs is 2. The predicted octanol–water partition coefficient (Wildman–Crippen LogP) is -1.47. The van der Waals surface area contributed by atoms with Crippen molar-refractivity contribution in [2.75, 3.05) is 0 Å². The van der Waals surface area contributed by atoms with E-state index in [1.807, 2.05) is 0 Å². The minimum absolute atomic E-state index is 0.317. The molecule has 0 aliphatic heterocycles. The molecule has 3 aromatic heterocycles. The van der Waals surface area contributed by atoms with Crippen molar-refractivity contribution < 1.29 is 0 Å². The van der Waals surface area contributed by atoms with Crippen LogP contribution in [0, 0.1) is 0 Å². The van der Waals surface area contributed by atoms with Gasteiger partial charge in [0.05, 0.1) is 0 Å². The maximum Gasteiger partial charge on any atom is 0.371 e. The first-order chi connectivity index (χ1) is 4.29. The molecule has 0 aromatic carbocycles. The summed E-state index contributed by atoms with van der Waals surface area (Å²) < 4.78 is 2.15. The standard InChI is InChI=1S/C4H3N3O2/c8-3-1-2-6-4(9)7(3)5-6/h1-2,5H. The lowest BCUT2D eigenvalue weighted by molar-refractivity contribution is 0.536. The number of hydrogen-bond donors (Lipinski definition) is 1. The van der Waals surface area contributed by atoms with Gasteiger partial charge in [0.25, 0.3) is 5.56 Å². The highest BCUT2D eigenvalue weighted by atomic mass is 16.2. The summed E-state index contributed by atoms with van der Waals surface area (Å²) in [5.41, 5.74) is -0.634. The van der Waals surface area contributed by atoms with Crippen LogP contribution in [-0.2, 0) is 0 Å². The van der Waals surface area contributed by atoms with E-state index in [0.717, 1.165) is 4.52 Å². The molecule has 0 aliphatic carbocycles. The number of nitrogens with one attached hydrogen (secondary N) is 1. The van der Waals surface area contributed by atoms with Crippen LogP contribution < -0.4 is 11.2 Å². The van der Waals surface area contributed by atoms with Gasteiger partial charge in [0.1, 0.15) is 0 Å². The van der Waals surface area contributed by atoms with Gasteiger partial charge in [-0.3, -0.25) is 4.79 Å². The third-order valence-electron chi connectivity index (χ3n) is 1.19. The van der Waals surface area contributed by atoms with E-state index in [4.69, 9.17) is 0 Å². The number of aromatic nitrogens is 3. The molecule has 9 heavy (non-hydrogen) atoms. The molecule has 0 fully saturated rings. The van der Waals surface area contributed by atoms with Gasteiger partial charge in [-0.2, -0.15) is 9.03 Å². The monoisotopic (exact) mass is 125 g/mol. The molecular weight excluding hydrogens is 122 g/mol. The highest BCUT2D eigenvalue weighted by Crippen LogP contribution is 1.69. The highest BCUT2D eigenvalue weighted by Gasteiger charge is 2.02. The van der Waals surface area contributed by atoms with Crippen molar-refractivity contribution in [3.63, 3.8) is 0 Å². The number of nitrogens with zero attached hydrogens (tertiary/aromatic N) is 2. The van der Waals surface area contributed by atoms with E-state index in [1.165, 1.54) is 16.8 Å². The van der Waals surface area contributed by atoms with E-state index < -0.39 is 0 Å². The van der Waals surface area contributed by atoms with Gasteiger partial charge < -0.3 is 0 Å². The molecule has 0 saturated heterocycles. The van der Waals surface area contributed by atoms with E-state index in [1.54, 1.807) is 0 Å². The molecule has 0 saturated carbocycles. The van der Waals surface area contributed by atoms with Gasteiger partial charge >= 0.3 is 5.69 Å². The molecule has 0 unspecified atom stereocenters. The third kappa shape index (κ3) is 0.343. The minimum atomic E-state index is -0.317. The second kappa shape index (κ2) is 1.07. The lowest BCUT2D eigenvalue weighted by Gasteiger charge is -2.02. The molecule has 3 aromatic rings. The lowest BCUT2D eigenvalue weighted by atomic mass is 10.6. The molecule has 46 valence electrons. The fourth-order valence-electron chi connectivity index (χ4n) is 0.710. The molecule has 0 aliphatic rings. The zero-order valence-electron chi connectivity index (χ0n) is 4.37. The van der Waals surface area contributed by atoms with Crippen molar-refractivity contribution in [1.29, 1.82) is 0 Å². The van der Waals surface area contributed by atoms with E-state index in [-0.39, 0.29) is 11.2 Å². The number of H-pyrrole nitrogens is 1. The van der Waals surface area contributed by atoms with Gasteiger partial charge in [-0.05, 0) is 0 Å². The minimum Gasteiger partial charge on any atom is -0.267 e. The van der Waals surface area contributed by atoms with Gasteiger partial charge in [0.2, 0.25) is 0 Å². The van der Waals surface area contributed by atoms with Crippen LogP contribution in [-0.4, -0.2) is 14.2 Å². The smallest absolute Gasteiger partial charge is 0.267 e. The van der Waals surface area contributed by atoms with Crippen molar-refractivity contribution in [2.45, 2.75) is 0 Å². The molecule has 0 radical (unpaired) electrons. The van der Waals surface area contributed by atoms with Crippen LogP contribution in [0.4, 0.5) is 0 Å². The highest BCUT2D eigenvalue weighted by molar-refractivity contribution is 4.85. The molecule has 1 N–H and O–H groups in total. The van der Waals surface area contributed by atoms with Crippen molar-refractivity contribution in [3.8, 4) is 0 Å². The number of hydrogen-bond acceptors (Lipinski definition) is 2. The summed E-state index contributed by atoms with van der Waals surface area (Å²) in [5, 5.41) is 2.46. The van der Waals surface area contributed by atoms with Gasteiger partial charge in [-0.25, -0.2) is 10.0 Å². The Bertz CT molecular complexity index is 401. The molecule has 3 heterocycles. The van der Waals surface area contributed by atoms with E-state index in [0.29, 0.717) is 0 Å². The Hall–Kier alpha value is -1.52. The summed E-state index contributed by atoms with van der Waals surface area (Å²) >= 11 is 0. The molecule has 5 nitrogen and oxygen atoms in total. The van der Waals surface area contributed by atoms with Gasteiger partial charge in [0, 0.05) is 12.3 Å². The molecule has 0 amide bonds. The largest absolute Gasteiger partial charge is 0.371 e. The van der Waals surface area contributed by atoms with Crippen LogP contribution >= 0.6 is 0 Å². The first-order valence-corrected chi connectivity index (χ1v) is 2.41. The Morgan fingerprint density at radius 1 is 1.44 bits per heavy atom. The molecule has 3 rings (SSSR count). The summed E-state index contributed by atoms with van der Waals surface area (Å²) in [5.74, 6) is 0. The van der Waals surface area contributed by atoms with Gasteiger partial charge in [0.15, 0.2) is 0 Å². The topological polar surface area (TPSA) is 58.7 Å². The average Bonchev–Trinajstić information content (AvgIpc) is 1.86. The quantitative estimate of drug-likeness (QED) is 0.467. The fraction of sp³-hybridized carbons (Fsp3) is 0. The number of aromatic amines is 1. The van der Waals surface area contributed by atoms with Crippen LogP contribution in [0.1, 0.15) is 0 Å². The van der Waals surface area contributed by atoms with Gasteiger partial charge in [-0.1, -0.05) is 0 Å². The molecule has 0 atom stereocenters. The maximum atomic E-state index is 10.6. The normalized spacial score (nSPS) is 11.1. The van der Waals surface area contributed by atoms with Crippen molar-refractivity contribution in [3.05, 3.63) is 33.1 Å². The summed E-state index contributed by atoms with van der Waals surface area (Å²) in [6.07, 6.45) is 1.39. The first kappa shape index (κ1) is 4.37. The summed E-state index contributed by atoms with van der Waals surface area (Å²) in [4.78, 5) is 21.1. The fourth-order valence-corrected chi connectivity index (χ4v) is 0.710. The first-order valence-electron chi connectivity index (χ1n) is 2.41. The van der Waals surface area contributed by atoms with Gasteiger partial charge in [-0.15, -0.1) is 0 Å². The Balaban J connectivity index is 3.21.